The van der Waals surface area contributed by atoms with E-state index >= 15 is 0 Å². The van der Waals surface area contributed by atoms with Crippen molar-refractivity contribution in [2.45, 2.75) is 13.5 Å². The van der Waals surface area contributed by atoms with Gasteiger partial charge in [0.25, 0.3) is 0 Å². The first-order valence-corrected chi connectivity index (χ1v) is 5.99. The lowest BCUT2D eigenvalue weighted by Gasteiger charge is -2.05. The van der Waals surface area contributed by atoms with Gasteiger partial charge in [-0.2, -0.15) is 11.3 Å². The highest BCUT2D eigenvalue weighted by molar-refractivity contribution is 7.08. The molecule has 0 unspecified atom stereocenters. The van der Waals surface area contributed by atoms with Gasteiger partial charge < -0.3 is 10.1 Å². The molecule has 0 bridgehead atoms. The monoisotopic (exact) mass is 234 g/mol. The van der Waals surface area contributed by atoms with Crippen molar-refractivity contribution in [1.29, 1.82) is 0 Å². The normalized spacial score (nSPS) is 10.1. The fraction of sp³-hybridized carbons (Fsp3) is 0.250. The minimum atomic E-state index is 0.775. The molecule has 0 fully saturated rings. The molecule has 0 spiro atoms. The summed E-state index contributed by atoms with van der Waals surface area (Å²) in [6.07, 6.45) is 1.71. The molecular weight excluding hydrogens is 220 g/mol. The van der Waals surface area contributed by atoms with E-state index in [9.17, 15) is 0 Å². The number of pyridine rings is 1. The van der Waals surface area contributed by atoms with Gasteiger partial charge in [-0.3, -0.25) is 0 Å². The molecule has 0 aromatic carbocycles. The minimum Gasteiger partial charge on any atom is -0.495 e. The van der Waals surface area contributed by atoms with Crippen LogP contribution in [0.2, 0.25) is 0 Å². The van der Waals surface area contributed by atoms with Gasteiger partial charge in [0.05, 0.1) is 13.3 Å². The average Bonchev–Trinajstić information content (AvgIpc) is 2.73. The zero-order chi connectivity index (χ0) is 11.4. The SMILES string of the molecule is COc1ccc(NCc2cscc2C)nc1. The first-order chi connectivity index (χ1) is 7.79. The standard InChI is InChI=1S/C12H14N2OS/c1-9-7-16-8-10(9)5-13-12-4-3-11(15-2)6-14-12/h3-4,6-8H,5H2,1-2H3,(H,13,14). The third-order valence-corrected chi connectivity index (χ3v) is 3.30. The van der Waals surface area contributed by atoms with Crippen LogP contribution in [0.4, 0.5) is 5.82 Å². The summed E-state index contributed by atoms with van der Waals surface area (Å²) in [4.78, 5) is 4.25. The van der Waals surface area contributed by atoms with Gasteiger partial charge in [-0.25, -0.2) is 4.98 Å². The van der Waals surface area contributed by atoms with E-state index in [2.05, 4.69) is 28.0 Å². The van der Waals surface area contributed by atoms with Crippen LogP contribution in [0, 0.1) is 6.92 Å². The Labute approximate surface area is 99.1 Å². The number of hydrogen-bond acceptors (Lipinski definition) is 4. The van der Waals surface area contributed by atoms with Crippen LogP contribution in [0.15, 0.2) is 29.1 Å². The quantitative estimate of drug-likeness (QED) is 0.882. The van der Waals surface area contributed by atoms with Gasteiger partial charge in [-0.15, -0.1) is 0 Å². The molecule has 84 valence electrons. The summed E-state index contributed by atoms with van der Waals surface area (Å²) >= 11 is 1.73. The Balaban J connectivity index is 1.97. The zero-order valence-corrected chi connectivity index (χ0v) is 10.2. The summed E-state index contributed by atoms with van der Waals surface area (Å²) < 4.78 is 5.05. The van der Waals surface area contributed by atoms with Gasteiger partial charge >= 0.3 is 0 Å². The highest BCUT2D eigenvalue weighted by Crippen LogP contribution is 2.16. The van der Waals surface area contributed by atoms with Gasteiger partial charge in [0.2, 0.25) is 0 Å². The number of rotatable bonds is 4. The first-order valence-electron chi connectivity index (χ1n) is 5.05. The van der Waals surface area contributed by atoms with Gasteiger partial charge in [0.1, 0.15) is 11.6 Å². The minimum absolute atomic E-state index is 0.775. The highest BCUT2D eigenvalue weighted by atomic mass is 32.1. The summed E-state index contributed by atoms with van der Waals surface area (Å²) in [7, 11) is 1.64. The Morgan fingerprint density at radius 2 is 2.25 bits per heavy atom. The van der Waals surface area contributed by atoms with Gasteiger partial charge in [-0.1, -0.05) is 0 Å². The van der Waals surface area contributed by atoms with Crippen molar-refractivity contribution in [3.05, 3.63) is 40.2 Å². The van der Waals surface area contributed by atoms with Crippen molar-refractivity contribution in [3.63, 3.8) is 0 Å². The molecule has 0 saturated carbocycles. The third kappa shape index (κ3) is 2.52. The molecule has 2 aromatic heterocycles. The van der Waals surface area contributed by atoms with Crippen molar-refractivity contribution < 1.29 is 4.74 Å². The molecule has 1 N–H and O–H groups in total. The number of aromatic nitrogens is 1. The average molecular weight is 234 g/mol. The van der Waals surface area contributed by atoms with Crippen LogP contribution in [-0.2, 0) is 6.54 Å². The van der Waals surface area contributed by atoms with Crippen LogP contribution in [-0.4, -0.2) is 12.1 Å². The van der Waals surface area contributed by atoms with Crippen molar-refractivity contribution in [1.82, 2.24) is 4.98 Å². The predicted molar refractivity (Wildman–Crippen MR) is 67.2 cm³/mol. The fourth-order valence-electron chi connectivity index (χ4n) is 1.36. The fourth-order valence-corrected chi connectivity index (χ4v) is 2.22. The molecule has 16 heavy (non-hydrogen) atoms. The molecule has 0 aliphatic heterocycles. The zero-order valence-electron chi connectivity index (χ0n) is 9.36. The third-order valence-electron chi connectivity index (χ3n) is 2.39. The summed E-state index contributed by atoms with van der Waals surface area (Å²) in [6.45, 7) is 2.93. The topological polar surface area (TPSA) is 34.1 Å². The number of ether oxygens (including phenoxy) is 1. The Hall–Kier alpha value is -1.55. The van der Waals surface area contributed by atoms with E-state index in [0.717, 1.165) is 18.1 Å². The maximum atomic E-state index is 5.05. The second-order valence-electron chi connectivity index (χ2n) is 3.52. The number of anilines is 1. The molecule has 0 atom stereocenters. The van der Waals surface area contributed by atoms with Crippen LogP contribution < -0.4 is 10.1 Å². The Kier molecular flexibility index (Phi) is 3.41. The molecule has 3 nitrogen and oxygen atoms in total. The Morgan fingerprint density at radius 1 is 1.38 bits per heavy atom. The van der Waals surface area contributed by atoms with E-state index in [4.69, 9.17) is 4.74 Å². The smallest absolute Gasteiger partial charge is 0.137 e. The van der Waals surface area contributed by atoms with E-state index in [0.29, 0.717) is 0 Å². The molecule has 0 aliphatic carbocycles. The number of hydrogen-bond donors (Lipinski definition) is 1. The van der Waals surface area contributed by atoms with Crippen molar-refractivity contribution >= 4 is 17.2 Å². The van der Waals surface area contributed by atoms with Gasteiger partial charge in [0, 0.05) is 6.54 Å². The van der Waals surface area contributed by atoms with Crippen LogP contribution in [0.1, 0.15) is 11.1 Å². The van der Waals surface area contributed by atoms with E-state index in [1.807, 2.05) is 12.1 Å². The highest BCUT2D eigenvalue weighted by Gasteiger charge is 2.00. The molecule has 0 radical (unpaired) electrons. The molecule has 0 aliphatic rings. The van der Waals surface area contributed by atoms with Gasteiger partial charge in [-0.05, 0) is 40.9 Å². The van der Waals surface area contributed by atoms with E-state index in [-0.39, 0.29) is 0 Å². The predicted octanol–water partition coefficient (Wildman–Crippen LogP) is 3.07. The summed E-state index contributed by atoms with van der Waals surface area (Å²) in [5, 5.41) is 7.59. The Morgan fingerprint density at radius 3 is 2.81 bits per heavy atom. The van der Waals surface area contributed by atoms with Crippen LogP contribution >= 0.6 is 11.3 Å². The van der Waals surface area contributed by atoms with E-state index in [1.54, 1.807) is 24.6 Å². The second kappa shape index (κ2) is 4.99. The number of aryl methyl sites for hydroxylation is 1. The lowest BCUT2D eigenvalue weighted by atomic mass is 10.2. The maximum absolute atomic E-state index is 5.05. The van der Waals surface area contributed by atoms with E-state index in [1.165, 1.54) is 11.1 Å². The first kappa shape index (κ1) is 11.0. The largest absolute Gasteiger partial charge is 0.495 e. The van der Waals surface area contributed by atoms with E-state index < -0.39 is 0 Å². The van der Waals surface area contributed by atoms with Crippen LogP contribution in [0.25, 0.3) is 0 Å². The summed E-state index contributed by atoms with van der Waals surface area (Å²) in [6, 6.07) is 3.82. The molecule has 0 amide bonds. The molecule has 2 heterocycles. The van der Waals surface area contributed by atoms with Crippen LogP contribution in [0.5, 0.6) is 5.75 Å². The van der Waals surface area contributed by atoms with Crippen molar-refractivity contribution in [2.24, 2.45) is 0 Å². The van der Waals surface area contributed by atoms with Gasteiger partial charge in [0.15, 0.2) is 0 Å². The molecular formula is C12H14N2OS. The number of nitrogens with one attached hydrogen (secondary N) is 1. The van der Waals surface area contributed by atoms with Crippen molar-refractivity contribution in [3.8, 4) is 5.75 Å². The summed E-state index contributed by atoms with van der Waals surface area (Å²) in [5.41, 5.74) is 2.65. The van der Waals surface area contributed by atoms with Crippen LogP contribution in [0.3, 0.4) is 0 Å². The lowest BCUT2D eigenvalue weighted by Crippen LogP contribution is -2.01. The number of nitrogens with zero attached hydrogens (tertiary/aromatic N) is 1. The number of methoxy groups -OCH3 is 1. The molecule has 2 aromatic rings. The second-order valence-corrected chi connectivity index (χ2v) is 4.26. The molecule has 2 rings (SSSR count). The summed E-state index contributed by atoms with van der Waals surface area (Å²) in [5.74, 6) is 1.64. The Bertz CT molecular complexity index is 450. The molecule has 0 saturated heterocycles. The van der Waals surface area contributed by atoms with Crippen molar-refractivity contribution in [2.75, 3.05) is 12.4 Å². The number of thiophene rings is 1. The molecule has 4 heteroatoms. The lowest BCUT2D eigenvalue weighted by molar-refractivity contribution is 0.413. The maximum Gasteiger partial charge on any atom is 0.137 e.